The van der Waals surface area contributed by atoms with Gasteiger partial charge in [0.25, 0.3) is 0 Å². The highest BCUT2D eigenvalue weighted by Crippen LogP contribution is 2.26. The lowest BCUT2D eigenvalue weighted by Crippen LogP contribution is -2.20. The van der Waals surface area contributed by atoms with E-state index in [0.29, 0.717) is 5.82 Å². The van der Waals surface area contributed by atoms with Gasteiger partial charge in [-0.3, -0.25) is 0 Å². The van der Waals surface area contributed by atoms with E-state index >= 15 is 0 Å². The van der Waals surface area contributed by atoms with Crippen LogP contribution in [0.4, 0.5) is 5.82 Å². The van der Waals surface area contributed by atoms with Crippen LogP contribution in [-0.4, -0.2) is 28.7 Å². The maximum atomic E-state index is 5.84. The number of nitrogen functional groups attached to an aromatic ring is 1. The number of ether oxygens (including phenoxy) is 1. The standard InChI is InChI=1S/C11H22N4O/c1-11(2,3)9-10(12)13-14-15(9)7-5-6-8-16-4/h5-8,12H2,1-4H3. The first kappa shape index (κ1) is 13.0. The third-order valence-corrected chi connectivity index (χ3v) is 2.44. The molecule has 5 nitrogen and oxygen atoms in total. The second kappa shape index (κ2) is 5.30. The van der Waals surface area contributed by atoms with E-state index in [1.54, 1.807) is 7.11 Å². The number of unbranched alkanes of at least 4 members (excludes halogenated alkanes) is 1. The molecule has 1 heterocycles. The third-order valence-electron chi connectivity index (χ3n) is 2.44. The lowest BCUT2D eigenvalue weighted by molar-refractivity contribution is 0.190. The van der Waals surface area contributed by atoms with Gasteiger partial charge in [-0.1, -0.05) is 26.0 Å². The zero-order chi connectivity index (χ0) is 12.2. The minimum atomic E-state index is -0.0190. The summed E-state index contributed by atoms with van der Waals surface area (Å²) >= 11 is 0. The Hall–Kier alpha value is -1.10. The van der Waals surface area contributed by atoms with E-state index in [2.05, 4.69) is 31.1 Å². The summed E-state index contributed by atoms with van der Waals surface area (Å²) in [6, 6.07) is 0. The average Bonchev–Trinajstić information content (AvgIpc) is 2.54. The van der Waals surface area contributed by atoms with Gasteiger partial charge in [0.2, 0.25) is 0 Å². The fraction of sp³-hybridized carbons (Fsp3) is 0.818. The topological polar surface area (TPSA) is 66.0 Å². The first-order chi connectivity index (χ1) is 7.46. The van der Waals surface area contributed by atoms with Crippen molar-refractivity contribution in [1.29, 1.82) is 0 Å². The fourth-order valence-electron chi connectivity index (χ4n) is 1.76. The highest BCUT2D eigenvalue weighted by Gasteiger charge is 2.23. The molecule has 0 bridgehead atoms. The van der Waals surface area contributed by atoms with Gasteiger partial charge in [0.15, 0.2) is 5.82 Å². The number of aryl methyl sites for hydroxylation is 1. The van der Waals surface area contributed by atoms with Gasteiger partial charge < -0.3 is 10.5 Å². The zero-order valence-electron chi connectivity index (χ0n) is 10.7. The lowest BCUT2D eigenvalue weighted by atomic mass is 9.92. The maximum absolute atomic E-state index is 5.84. The number of methoxy groups -OCH3 is 1. The fourth-order valence-corrected chi connectivity index (χ4v) is 1.76. The maximum Gasteiger partial charge on any atom is 0.169 e. The smallest absolute Gasteiger partial charge is 0.169 e. The average molecular weight is 226 g/mol. The van der Waals surface area contributed by atoms with E-state index in [1.165, 1.54) is 0 Å². The van der Waals surface area contributed by atoms with Crippen molar-refractivity contribution in [2.45, 2.75) is 45.6 Å². The van der Waals surface area contributed by atoms with Crippen LogP contribution in [0.15, 0.2) is 0 Å². The minimum absolute atomic E-state index is 0.0190. The van der Waals surface area contributed by atoms with Crippen LogP contribution in [0.3, 0.4) is 0 Å². The molecule has 0 aliphatic carbocycles. The summed E-state index contributed by atoms with van der Waals surface area (Å²) in [5.74, 6) is 0.541. The van der Waals surface area contributed by atoms with Gasteiger partial charge in [-0.15, -0.1) is 5.10 Å². The molecule has 2 N–H and O–H groups in total. The minimum Gasteiger partial charge on any atom is -0.385 e. The van der Waals surface area contributed by atoms with Crippen molar-refractivity contribution in [3.05, 3.63) is 5.69 Å². The third kappa shape index (κ3) is 3.20. The number of nitrogens with two attached hydrogens (primary N) is 1. The lowest BCUT2D eigenvalue weighted by Gasteiger charge is -2.20. The second-order valence-corrected chi connectivity index (χ2v) is 5.00. The van der Waals surface area contributed by atoms with Crippen LogP contribution in [-0.2, 0) is 16.7 Å². The van der Waals surface area contributed by atoms with Gasteiger partial charge >= 0.3 is 0 Å². The molecular formula is C11H22N4O. The van der Waals surface area contributed by atoms with Gasteiger partial charge in [-0.05, 0) is 12.8 Å². The number of nitrogens with zero attached hydrogens (tertiary/aromatic N) is 3. The van der Waals surface area contributed by atoms with Gasteiger partial charge in [0.05, 0.1) is 5.69 Å². The molecule has 16 heavy (non-hydrogen) atoms. The molecule has 5 heteroatoms. The van der Waals surface area contributed by atoms with Crippen molar-refractivity contribution in [3.8, 4) is 0 Å². The van der Waals surface area contributed by atoms with E-state index < -0.39 is 0 Å². The Morgan fingerprint density at radius 2 is 2.00 bits per heavy atom. The summed E-state index contributed by atoms with van der Waals surface area (Å²) < 4.78 is 6.92. The van der Waals surface area contributed by atoms with E-state index in [-0.39, 0.29) is 5.41 Å². The Bertz CT molecular complexity index is 327. The Labute approximate surface area is 97.0 Å². The molecular weight excluding hydrogens is 204 g/mol. The van der Waals surface area contributed by atoms with Crippen LogP contribution < -0.4 is 5.73 Å². The number of anilines is 1. The van der Waals surface area contributed by atoms with E-state index in [9.17, 15) is 0 Å². The summed E-state index contributed by atoms with van der Waals surface area (Å²) in [4.78, 5) is 0. The van der Waals surface area contributed by atoms with E-state index in [4.69, 9.17) is 10.5 Å². The molecule has 0 saturated carbocycles. The summed E-state index contributed by atoms with van der Waals surface area (Å²) in [6.45, 7) is 7.99. The molecule has 1 aromatic rings. The van der Waals surface area contributed by atoms with Crippen molar-refractivity contribution in [2.75, 3.05) is 19.5 Å². The van der Waals surface area contributed by atoms with Crippen LogP contribution in [0.5, 0.6) is 0 Å². The van der Waals surface area contributed by atoms with Gasteiger partial charge in [-0.25, -0.2) is 4.68 Å². The molecule has 0 aliphatic heterocycles. The number of rotatable bonds is 5. The van der Waals surface area contributed by atoms with Crippen molar-refractivity contribution in [2.24, 2.45) is 0 Å². The summed E-state index contributed by atoms with van der Waals surface area (Å²) in [6.07, 6.45) is 2.06. The van der Waals surface area contributed by atoms with Crippen LogP contribution in [0.1, 0.15) is 39.3 Å². The van der Waals surface area contributed by atoms with Gasteiger partial charge in [0.1, 0.15) is 0 Å². The normalized spacial score (nSPS) is 12.0. The largest absolute Gasteiger partial charge is 0.385 e. The van der Waals surface area contributed by atoms with Crippen molar-refractivity contribution < 1.29 is 4.74 Å². The molecule has 1 aromatic heterocycles. The molecule has 1 rings (SSSR count). The molecule has 0 aliphatic rings. The molecule has 0 radical (unpaired) electrons. The molecule has 0 saturated heterocycles. The van der Waals surface area contributed by atoms with Crippen molar-refractivity contribution in [3.63, 3.8) is 0 Å². The van der Waals surface area contributed by atoms with Gasteiger partial charge in [0, 0.05) is 25.7 Å². The quantitative estimate of drug-likeness (QED) is 0.774. The van der Waals surface area contributed by atoms with Crippen LogP contribution in [0.25, 0.3) is 0 Å². The monoisotopic (exact) mass is 226 g/mol. The first-order valence-electron chi connectivity index (χ1n) is 5.65. The predicted octanol–water partition coefficient (Wildman–Crippen LogP) is 1.58. The summed E-state index contributed by atoms with van der Waals surface area (Å²) in [5, 5.41) is 8.02. The SMILES string of the molecule is COCCCCn1nnc(N)c1C(C)(C)C. The van der Waals surface area contributed by atoms with Gasteiger partial charge in [-0.2, -0.15) is 0 Å². The highest BCUT2D eigenvalue weighted by atomic mass is 16.5. The molecule has 0 atom stereocenters. The molecule has 0 amide bonds. The second-order valence-electron chi connectivity index (χ2n) is 5.00. The zero-order valence-corrected chi connectivity index (χ0v) is 10.7. The number of hydrogen-bond acceptors (Lipinski definition) is 4. The first-order valence-corrected chi connectivity index (χ1v) is 5.65. The predicted molar refractivity (Wildman–Crippen MR) is 64.2 cm³/mol. The van der Waals surface area contributed by atoms with Crippen LogP contribution in [0.2, 0.25) is 0 Å². The van der Waals surface area contributed by atoms with E-state index in [1.807, 2.05) is 4.68 Å². The Morgan fingerprint density at radius 3 is 2.56 bits per heavy atom. The van der Waals surface area contributed by atoms with Crippen molar-refractivity contribution >= 4 is 5.82 Å². The highest BCUT2D eigenvalue weighted by molar-refractivity contribution is 5.37. The Kier molecular flexibility index (Phi) is 4.29. The number of hydrogen-bond donors (Lipinski definition) is 1. The molecule has 0 fully saturated rings. The van der Waals surface area contributed by atoms with Crippen molar-refractivity contribution in [1.82, 2.24) is 15.0 Å². The summed E-state index contributed by atoms with van der Waals surface area (Å²) in [7, 11) is 1.72. The molecule has 0 aromatic carbocycles. The Balaban J connectivity index is 2.66. The van der Waals surface area contributed by atoms with Crippen LogP contribution in [0, 0.1) is 0 Å². The van der Waals surface area contributed by atoms with E-state index in [0.717, 1.165) is 31.7 Å². The summed E-state index contributed by atoms with van der Waals surface area (Å²) in [5.41, 5.74) is 6.84. The molecule has 92 valence electrons. The molecule has 0 unspecified atom stereocenters. The number of aromatic nitrogens is 3. The Morgan fingerprint density at radius 1 is 1.31 bits per heavy atom. The molecule has 0 spiro atoms. The van der Waals surface area contributed by atoms with Crippen LogP contribution >= 0.6 is 0 Å².